The standard InChI is InChI=1S/C17H25N3O/c1-13(12-20-9-5-2-6-10-20)19-17(21)15-11-18-16-8-4-3-7-14(15)16/h3-4,7-8,13,15,18H,2,5-6,9-12H2,1H3,(H,19,21). The van der Waals surface area contributed by atoms with Gasteiger partial charge >= 0.3 is 0 Å². The fourth-order valence-corrected chi connectivity index (χ4v) is 3.44. The molecule has 2 aliphatic heterocycles. The Bertz CT molecular complexity index is 497. The van der Waals surface area contributed by atoms with Crippen molar-refractivity contribution in [3.8, 4) is 0 Å². The van der Waals surface area contributed by atoms with E-state index < -0.39 is 0 Å². The van der Waals surface area contributed by atoms with E-state index in [9.17, 15) is 4.79 Å². The van der Waals surface area contributed by atoms with Crippen molar-refractivity contribution >= 4 is 11.6 Å². The van der Waals surface area contributed by atoms with Crippen LogP contribution in [0.3, 0.4) is 0 Å². The number of likely N-dealkylation sites (tertiary alicyclic amines) is 1. The number of para-hydroxylation sites is 1. The van der Waals surface area contributed by atoms with E-state index in [1.165, 1.54) is 32.4 Å². The van der Waals surface area contributed by atoms with Crippen molar-refractivity contribution in [3.63, 3.8) is 0 Å². The Morgan fingerprint density at radius 2 is 2.10 bits per heavy atom. The number of hydrogen-bond acceptors (Lipinski definition) is 3. The molecule has 0 bridgehead atoms. The number of nitrogens with one attached hydrogen (secondary N) is 2. The van der Waals surface area contributed by atoms with Crippen LogP contribution in [0.4, 0.5) is 5.69 Å². The van der Waals surface area contributed by atoms with Gasteiger partial charge in [-0.1, -0.05) is 24.6 Å². The number of rotatable bonds is 4. The molecule has 0 aromatic heterocycles. The summed E-state index contributed by atoms with van der Waals surface area (Å²) in [5.74, 6) is 0.0990. The largest absolute Gasteiger partial charge is 0.384 e. The van der Waals surface area contributed by atoms with Gasteiger partial charge in [-0.15, -0.1) is 0 Å². The first-order chi connectivity index (χ1) is 10.2. The normalized spacial score (nSPS) is 23.2. The van der Waals surface area contributed by atoms with Crippen LogP contribution >= 0.6 is 0 Å². The van der Waals surface area contributed by atoms with E-state index in [1.807, 2.05) is 18.2 Å². The Morgan fingerprint density at radius 1 is 1.33 bits per heavy atom. The first-order valence-corrected chi connectivity index (χ1v) is 8.09. The van der Waals surface area contributed by atoms with Gasteiger partial charge in [0.1, 0.15) is 0 Å². The zero-order valence-electron chi connectivity index (χ0n) is 12.8. The summed E-state index contributed by atoms with van der Waals surface area (Å²) in [6.07, 6.45) is 3.93. The fraction of sp³-hybridized carbons (Fsp3) is 0.588. The zero-order chi connectivity index (χ0) is 14.7. The lowest BCUT2D eigenvalue weighted by Gasteiger charge is -2.29. The zero-order valence-corrected chi connectivity index (χ0v) is 12.8. The van der Waals surface area contributed by atoms with Gasteiger partial charge in [-0.25, -0.2) is 0 Å². The molecular weight excluding hydrogens is 262 g/mol. The molecule has 2 aliphatic rings. The highest BCUT2D eigenvalue weighted by Crippen LogP contribution is 2.31. The van der Waals surface area contributed by atoms with Crippen molar-refractivity contribution in [1.82, 2.24) is 10.2 Å². The van der Waals surface area contributed by atoms with E-state index in [1.54, 1.807) is 0 Å². The summed E-state index contributed by atoms with van der Waals surface area (Å²) < 4.78 is 0. The summed E-state index contributed by atoms with van der Waals surface area (Å²) in [6, 6.07) is 8.31. The second-order valence-corrected chi connectivity index (χ2v) is 6.29. The van der Waals surface area contributed by atoms with Gasteiger partial charge in [0, 0.05) is 24.8 Å². The first-order valence-electron chi connectivity index (χ1n) is 8.09. The molecule has 21 heavy (non-hydrogen) atoms. The minimum absolute atomic E-state index is 0.0509. The molecule has 0 spiro atoms. The van der Waals surface area contributed by atoms with E-state index in [0.717, 1.165) is 17.8 Å². The molecule has 1 amide bonds. The lowest BCUT2D eigenvalue weighted by atomic mass is 10.00. The minimum Gasteiger partial charge on any atom is -0.384 e. The maximum Gasteiger partial charge on any atom is 0.229 e. The Balaban J connectivity index is 1.54. The van der Waals surface area contributed by atoms with Gasteiger partial charge in [-0.2, -0.15) is 0 Å². The second-order valence-electron chi connectivity index (χ2n) is 6.29. The Labute approximate surface area is 126 Å². The third-order valence-electron chi connectivity index (χ3n) is 4.52. The molecule has 1 aromatic carbocycles. The number of hydrogen-bond donors (Lipinski definition) is 2. The van der Waals surface area contributed by atoms with Crippen molar-refractivity contribution < 1.29 is 4.79 Å². The molecule has 2 heterocycles. The first kappa shape index (κ1) is 14.4. The molecule has 114 valence electrons. The van der Waals surface area contributed by atoms with E-state index in [0.29, 0.717) is 6.54 Å². The van der Waals surface area contributed by atoms with Crippen LogP contribution < -0.4 is 10.6 Å². The summed E-state index contributed by atoms with van der Waals surface area (Å²) in [5, 5.41) is 6.50. The summed E-state index contributed by atoms with van der Waals surface area (Å²) >= 11 is 0. The molecule has 4 heteroatoms. The van der Waals surface area contributed by atoms with Crippen LogP contribution in [0.15, 0.2) is 24.3 Å². The van der Waals surface area contributed by atoms with E-state index >= 15 is 0 Å². The number of fused-ring (bicyclic) bond motifs is 1. The number of anilines is 1. The van der Waals surface area contributed by atoms with Gasteiger partial charge in [0.05, 0.1) is 5.92 Å². The molecule has 2 N–H and O–H groups in total. The average Bonchev–Trinajstić information content (AvgIpc) is 2.92. The fourth-order valence-electron chi connectivity index (χ4n) is 3.44. The number of carbonyl (C=O) groups is 1. The topological polar surface area (TPSA) is 44.4 Å². The molecule has 1 aromatic rings. The third kappa shape index (κ3) is 3.38. The van der Waals surface area contributed by atoms with Gasteiger partial charge in [0.25, 0.3) is 0 Å². The highest BCUT2D eigenvalue weighted by Gasteiger charge is 2.29. The van der Waals surface area contributed by atoms with Crippen LogP contribution in [0.2, 0.25) is 0 Å². The molecule has 2 atom stereocenters. The van der Waals surface area contributed by atoms with E-state index in [2.05, 4.69) is 28.5 Å². The van der Waals surface area contributed by atoms with Crippen LogP contribution in [0, 0.1) is 0 Å². The van der Waals surface area contributed by atoms with Crippen molar-refractivity contribution in [2.45, 2.75) is 38.1 Å². The van der Waals surface area contributed by atoms with Gasteiger partial charge in [-0.3, -0.25) is 4.79 Å². The van der Waals surface area contributed by atoms with E-state index in [-0.39, 0.29) is 17.9 Å². The van der Waals surface area contributed by atoms with Crippen molar-refractivity contribution in [2.24, 2.45) is 0 Å². The molecule has 4 nitrogen and oxygen atoms in total. The lowest BCUT2D eigenvalue weighted by molar-refractivity contribution is -0.122. The van der Waals surface area contributed by atoms with Crippen LogP contribution in [-0.4, -0.2) is 43.0 Å². The van der Waals surface area contributed by atoms with Crippen molar-refractivity contribution in [1.29, 1.82) is 0 Å². The number of piperidine rings is 1. The van der Waals surface area contributed by atoms with Gasteiger partial charge in [-0.05, 0) is 44.5 Å². The van der Waals surface area contributed by atoms with Gasteiger partial charge in [0.2, 0.25) is 5.91 Å². The highest BCUT2D eigenvalue weighted by atomic mass is 16.2. The predicted octanol–water partition coefficient (Wildman–Crippen LogP) is 2.19. The van der Waals surface area contributed by atoms with Crippen LogP contribution in [0.25, 0.3) is 0 Å². The SMILES string of the molecule is CC(CN1CCCCC1)NC(=O)C1CNc2ccccc21. The second kappa shape index (κ2) is 6.48. The summed E-state index contributed by atoms with van der Waals surface area (Å²) in [4.78, 5) is 15.0. The Hall–Kier alpha value is -1.55. The molecule has 0 aliphatic carbocycles. The molecule has 3 rings (SSSR count). The van der Waals surface area contributed by atoms with Crippen LogP contribution in [0.5, 0.6) is 0 Å². The molecule has 1 saturated heterocycles. The van der Waals surface area contributed by atoms with Crippen LogP contribution in [-0.2, 0) is 4.79 Å². The molecule has 0 radical (unpaired) electrons. The number of nitrogens with zero attached hydrogens (tertiary/aromatic N) is 1. The van der Waals surface area contributed by atoms with Crippen LogP contribution in [0.1, 0.15) is 37.7 Å². The molecule has 1 fully saturated rings. The average molecular weight is 287 g/mol. The molecule has 0 saturated carbocycles. The van der Waals surface area contributed by atoms with Gasteiger partial charge < -0.3 is 15.5 Å². The van der Waals surface area contributed by atoms with Crippen molar-refractivity contribution in [2.75, 3.05) is 31.5 Å². The monoisotopic (exact) mass is 287 g/mol. The maximum atomic E-state index is 12.5. The summed E-state index contributed by atoms with van der Waals surface area (Å²) in [7, 11) is 0. The molecular formula is C17H25N3O. The van der Waals surface area contributed by atoms with Crippen molar-refractivity contribution in [3.05, 3.63) is 29.8 Å². The third-order valence-corrected chi connectivity index (χ3v) is 4.52. The minimum atomic E-state index is -0.0509. The smallest absolute Gasteiger partial charge is 0.229 e. The highest BCUT2D eigenvalue weighted by molar-refractivity contribution is 5.88. The van der Waals surface area contributed by atoms with Gasteiger partial charge in [0.15, 0.2) is 0 Å². The summed E-state index contributed by atoms with van der Waals surface area (Å²) in [6.45, 7) is 6.14. The summed E-state index contributed by atoms with van der Waals surface area (Å²) in [5.41, 5.74) is 2.22. The number of benzene rings is 1. The number of amides is 1. The Kier molecular flexibility index (Phi) is 4.44. The lowest BCUT2D eigenvalue weighted by Crippen LogP contribution is -2.45. The number of carbonyl (C=O) groups excluding carboxylic acids is 1. The quantitative estimate of drug-likeness (QED) is 0.892. The Morgan fingerprint density at radius 3 is 2.90 bits per heavy atom. The maximum absolute atomic E-state index is 12.5. The van der Waals surface area contributed by atoms with E-state index in [4.69, 9.17) is 0 Å². The predicted molar refractivity (Wildman–Crippen MR) is 85.6 cm³/mol. The molecule has 2 unspecified atom stereocenters.